The summed E-state index contributed by atoms with van der Waals surface area (Å²) in [6.07, 6.45) is 13.4. The second-order valence-electron chi connectivity index (χ2n) is 8.44. The van der Waals surface area contributed by atoms with Gasteiger partial charge in [-0.1, -0.05) is 42.5 Å². The number of para-hydroxylation sites is 1. The lowest BCUT2D eigenvalue weighted by molar-refractivity contribution is 0.111. The van der Waals surface area contributed by atoms with Crippen molar-refractivity contribution in [1.29, 1.82) is 0 Å². The summed E-state index contributed by atoms with van der Waals surface area (Å²) in [6.45, 7) is 2.91. The number of hydrogen-bond acceptors (Lipinski definition) is 4. The molecule has 32 heavy (non-hydrogen) atoms. The summed E-state index contributed by atoms with van der Waals surface area (Å²) in [5.41, 5.74) is 4.07. The fourth-order valence-electron chi connectivity index (χ4n) is 3.93. The number of ether oxygens (including phenoxy) is 1. The molecule has 1 N–H and O–H groups in total. The predicted molar refractivity (Wildman–Crippen MR) is 129 cm³/mol. The predicted octanol–water partition coefficient (Wildman–Crippen LogP) is 5.43. The lowest BCUT2D eigenvalue weighted by Crippen LogP contribution is -2.22. The number of aryl methyl sites for hydroxylation is 1. The second kappa shape index (κ2) is 8.97. The Bertz CT molecular complexity index is 1280. The zero-order valence-electron chi connectivity index (χ0n) is 18.3. The van der Waals surface area contributed by atoms with Crippen LogP contribution in [0.2, 0.25) is 0 Å². The smallest absolute Gasteiger partial charge is 0.198 e. The molecule has 3 aromatic rings. The monoisotopic (exact) mass is 425 g/mol. The Morgan fingerprint density at radius 1 is 1.09 bits per heavy atom. The van der Waals surface area contributed by atoms with E-state index < -0.39 is 0 Å². The van der Waals surface area contributed by atoms with Gasteiger partial charge in [0.05, 0.1) is 17.6 Å². The first kappa shape index (κ1) is 20.5. The Morgan fingerprint density at radius 2 is 1.94 bits per heavy atom. The molecule has 0 atom stereocenters. The average Bonchev–Trinajstić information content (AvgIpc) is 3.64. The summed E-state index contributed by atoms with van der Waals surface area (Å²) in [4.78, 5) is 18.4. The molecule has 5 nitrogen and oxygen atoms in total. The Kier molecular flexibility index (Phi) is 5.73. The van der Waals surface area contributed by atoms with Gasteiger partial charge in [0.15, 0.2) is 5.43 Å². The van der Waals surface area contributed by atoms with Crippen molar-refractivity contribution in [3.05, 3.63) is 100 Å². The van der Waals surface area contributed by atoms with Gasteiger partial charge in [0.2, 0.25) is 0 Å². The number of nitrogens with zero attached hydrogens (tertiary/aromatic N) is 2. The van der Waals surface area contributed by atoms with E-state index in [-0.39, 0.29) is 12.0 Å². The molecule has 0 amide bonds. The Labute approximate surface area is 187 Å². The van der Waals surface area contributed by atoms with Crippen LogP contribution in [0.1, 0.15) is 30.5 Å². The number of nitrogens with one attached hydrogen (secondary N) is 1. The Morgan fingerprint density at radius 3 is 2.75 bits per heavy atom. The van der Waals surface area contributed by atoms with E-state index in [4.69, 9.17) is 9.72 Å². The number of allylic oxidation sites excluding steroid dienone is 5. The molecule has 1 saturated carbocycles. The van der Waals surface area contributed by atoms with Crippen molar-refractivity contribution in [2.24, 2.45) is 5.92 Å². The van der Waals surface area contributed by atoms with E-state index in [2.05, 4.69) is 16.0 Å². The minimum atomic E-state index is -0.0294. The fraction of sp³-hybridized carbons (Fsp3) is 0.259. The lowest BCUT2D eigenvalue weighted by Gasteiger charge is -2.22. The molecule has 2 aliphatic rings. The molecule has 0 radical (unpaired) electrons. The van der Waals surface area contributed by atoms with Gasteiger partial charge in [0.25, 0.3) is 0 Å². The van der Waals surface area contributed by atoms with E-state index in [1.165, 1.54) is 12.8 Å². The first-order chi connectivity index (χ1) is 15.7. The van der Waals surface area contributed by atoms with Crippen LogP contribution in [-0.4, -0.2) is 16.2 Å². The summed E-state index contributed by atoms with van der Waals surface area (Å²) >= 11 is 0. The van der Waals surface area contributed by atoms with Crippen molar-refractivity contribution in [3.8, 4) is 5.69 Å². The maximum atomic E-state index is 13.6. The minimum absolute atomic E-state index is 0.0294. The van der Waals surface area contributed by atoms with Crippen LogP contribution in [0.3, 0.4) is 0 Å². The molecule has 2 aliphatic carbocycles. The molecule has 1 aromatic carbocycles. The molecule has 0 bridgehead atoms. The van der Waals surface area contributed by atoms with Crippen molar-refractivity contribution in [1.82, 2.24) is 9.55 Å². The minimum Gasteiger partial charge on any atom is -0.376 e. The maximum absolute atomic E-state index is 13.6. The van der Waals surface area contributed by atoms with Gasteiger partial charge in [-0.2, -0.15) is 0 Å². The highest BCUT2D eigenvalue weighted by atomic mass is 16.5. The highest BCUT2D eigenvalue weighted by Gasteiger charge is 2.24. The van der Waals surface area contributed by atoms with Crippen LogP contribution < -0.4 is 10.7 Å². The van der Waals surface area contributed by atoms with E-state index in [1.807, 2.05) is 73.7 Å². The molecule has 2 heterocycles. The zero-order valence-corrected chi connectivity index (χ0v) is 18.3. The van der Waals surface area contributed by atoms with Gasteiger partial charge in [-0.15, -0.1) is 0 Å². The second-order valence-corrected chi connectivity index (χ2v) is 8.44. The molecular weight excluding hydrogens is 398 g/mol. The van der Waals surface area contributed by atoms with Gasteiger partial charge >= 0.3 is 0 Å². The van der Waals surface area contributed by atoms with Gasteiger partial charge in [-0.3, -0.25) is 9.36 Å². The van der Waals surface area contributed by atoms with Crippen molar-refractivity contribution in [3.63, 3.8) is 0 Å². The molecule has 162 valence electrons. The van der Waals surface area contributed by atoms with E-state index >= 15 is 0 Å². The molecule has 2 aromatic heterocycles. The number of hydrogen-bond donors (Lipinski definition) is 1. The topological polar surface area (TPSA) is 56.1 Å². The molecule has 1 fully saturated rings. The first-order valence-electron chi connectivity index (χ1n) is 11.2. The van der Waals surface area contributed by atoms with E-state index in [0.717, 1.165) is 29.3 Å². The third kappa shape index (κ3) is 4.30. The van der Waals surface area contributed by atoms with Crippen LogP contribution in [0.4, 0.5) is 5.82 Å². The van der Waals surface area contributed by atoms with Crippen LogP contribution in [0.15, 0.2) is 83.3 Å². The van der Waals surface area contributed by atoms with Crippen molar-refractivity contribution >= 4 is 16.9 Å². The third-order valence-electron chi connectivity index (χ3n) is 5.84. The summed E-state index contributed by atoms with van der Waals surface area (Å²) in [7, 11) is 0. The van der Waals surface area contributed by atoms with Gasteiger partial charge in [-0.25, -0.2) is 4.98 Å². The molecule has 0 aliphatic heterocycles. The van der Waals surface area contributed by atoms with Crippen LogP contribution >= 0.6 is 0 Å². The SMILES string of the molecule is Cc1ccc2c(=O)c(COCC3CC3)c(NC3=CC=CC=CC3)n(-c3ccccc3)c2n1. The van der Waals surface area contributed by atoms with Crippen LogP contribution in [-0.2, 0) is 11.3 Å². The number of rotatable bonds is 7. The van der Waals surface area contributed by atoms with Crippen LogP contribution in [0, 0.1) is 12.8 Å². The van der Waals surface area contributed by atoms with E-state index in [1.54, 1.807) is 0 Å². The average molecular weight is 426 g/mol. The van der Waals surface area contributed by atoms with Gasteiger partial charge < -0.3 is 10.1 Å². The number of fused-ring (bicyclic) bond motifs is 1. The van der Waals surface area contributed by atoms with Crippen LogP contribution in [0.25, 0.3) is 16.7 Å². The maximum Gasteiger partial charge on any atom is 0.198 e. The summed E-state index contributed by atoms with van der Waals surface area (Å²) < 4.78 is 8.08. The number of pyridine rings is 2. The van der Waals surface area contributed by atoms with E-state index in [0.29, 0.717) is 29.1 Å². The third-order valence-corrected chi connectivity index (χ3v) is 5.84. The number of anilines is 1. The molecular formula is C27H27N3O2. The highest BCUT2D eigenvalue weighted by Crippen LogP contribution is 2.31. The summed E-state index contributed by atoms with van der Waals surface area (Å²) in [5.74, 6) is 1.35. The molecule has 0 saturated heterocycles. The van der Waals surface area contributed by atoms with E-state index in [9.17, 15) is 4.79 Å². The van der Waals surface area contributed by atoms with Crippen LogP contribution in [0.5, 0.6) is 0 Å². The lowest BCUT2D eigenvalue weighted by atomic mass is 10.1. The van der Waals surface area contributed by atoms with Gasteiger partial charge in [0, 0.05) is 30.1 Å². The quantitative estimate of drug-likeness (QED) is 0.548. The van der Waals surface area contributed by atoms with Gasteiger partial charge in [-0.05, 0) is 56.0 Å². The molecule has 0 unspecified atom stereocenters. The van der Waals surface area contributed by atoms with Crippen molar-refractivity contribution in [2.75, 3.05) is 11.9 Å². The van der Waals surface area contributed by atoms with Crippen molar-refractivity contribution in [2.45, 2.75) is 32.8 Å². The zero-order chi connectivity index (χ0) is 21.9. The first-order valence-corrected chi connectivity index (χ1v) is 11.2. The largest absolute Gasteiger partial charge is 0.376 e. The normalized spacial score (nSPS) is 15.6. The summed E-state index contributed by atoms with van der Waals surface area (Å²) in [6, 6.07) is 13.8. The fourth-order valence-corrected chi connectivity index (χ4v) is 3.93. The number of aromatic nitrogens is 2. The summed E-state index contributed by atoms with van der Waals surface area (Å²) in [5, 5.41) is 4.17. The highest BCUT2D eigenvalue weighted by molar-refractivity contribution is 5.82. The van der Waals surface area contributed by atoms with Gasteiger partial charge in [0.1, 0.15) is 11.5 Å². The standard InChI is InChI=1S/C27H27N3O2/c1-19-13-16-23-25(31)24(18-32-17-20-14-15-20)27(29-21-9-5-2-3-6-10-21)30(26(23)28-19)22-11-7-4-8-12-22/h2-9,11-13,16,20,29H,10,14-15,17-18H2,1H3. The molecule has 5 heteroatoms. The van der Waals surface area contributed by atoms with Crippen molar-refractivity contribution < 1.29 is 4.74 Å². The molecule has 0 spiro atoms. The molecule has 5 rings (SSSR count). The number of benzene rings is 1. The Hall–Kier alpha value is -3.44. The Balaban J connectivity index is 1.72.